The second kappa shape index (κ2) is 8.90. The van der Waals surface area contributed by atoms with E-state index in [4.69, 9.17) is 4.74 Å². The molecule has 0 amide bonds. The Kier molecular flexibility index (Phi) is 7.82. The summed E-state index contributed by atoms with van der Waals surface area (Å²) in [5, 5.41) is 3.48. The van der Waals surface area contributed by atoms with Crippen LogP contribution in [0.5, 0.6) is 0 Å². The molecule has 1 rings (SSSR count). The maximum Gasteiger partial charge on any atom is 0.0576 e. The minimum atomic E-state index is 0.558. The largest absolute Gasteiger partial charge is 0.378 e. The van der Waals surface area contributed by atoms with Crippen LogP contribution in [-0.2, 0) is 4.74 Å². The van der Waals surface area contributed by atoms with Crippen LogP contribution in [0.15, 0.2) is 0 Å². The van der Waals surface area contributed by atoms with E-state index in [0.717, 1.165) is 19.7 Å². The van der Waals surface area contributed by atoms with Crippen LogP contribution in [0, 0.1) is 0 Å². The Labute approximate surface area is 107 Å². The molecule has 1 heterocycles. The van der Waals surface area contributed by atoms with E-state index in [2.05, 4.69) is 31.0 Å². The van der Waals surface area contributed by atoms with E-state index in [1.807, 2.05) is 0 Å². The molecule has 102 valence electrons. The molecule has 0 aromatic rings. The molecule has 0 aliphatic carbocycles. The van der Waals surface area contributed by atoms with E-state index < -0.39 is 0 Å². The van der Waals surface area contributed by atoms with Gasteiger partial charge in [-0.3, -0.25) is 0 Å². The summed E-state index contributed by atoms with van der Waals surface area (Å²) in [4.78, 5) is 2.53. The maximum absolute atomic E-state index is 5.65. The lowest BCUT2D eigenvalue weighted by molar-refractivity contribution is 0.0989. The van der Waals surface area contributed by atoms with Crippen molar-refractivity contribution in [2.45, 2.75) is 58.6 Å². The van der Waals surface area contributed by atoms with Crippen molar-refractivity contribution in [2.75, 3.05) is 32.8 Å². The molecule has 1 fully saturated rings. The van der Waals surface area contributed by atoms with Crippen molar-refractivity contribution >= 4 is 0 Å². The highest BCUT2D eigenvalue weighted by molar-refractivity contribution is 4.67. The third-order valence-corrected chi connectivity index (χ3v) is 3.45. The van der Waals surface area contributed by atoms with Crippen LogP contribution < -0.4 is 5.32 Å². The van der Waals surface area contributed by atoms with Crippen molar-refractivity contribution in [1.29, 1.82) is 0 Å². The molecule has 1 aliphatic rings. The zero-order valence-corrected chi connectivity index (χ0v) is 11.9. The van der Waals surface area contributed by atoms with Crippen LogP contribution in [0.3, 0.4) is 0 Å². The Hall–Kier alpha value is -0.120. The molecular weight excluding hydrogens is 212 g/mol. The van der Waals surface area contributed by atoms with E-state index in [1.165, 1.54) is 38.8 Å². The highest BCUT2D eigenvalue weighted by Gasteiger charge is 2.15. The van der Waals surface area contributed by atoms with Crippen molar-refractivity contribution in [2.24, 2.45) is 0 Å². The minimum Gasteiger partial charge on any atom is -0.378 e. The number of hydrogen-bond donors (Lipinski definition) is 1. The average molecular weight is 242 g/mol. The lowest BCUT2D eigenvalue weighted by Crippen LogP contribution is -2.35. The summed E-state index contributed by atoms with van der Waals surface area (Å²) in [7, 11) is 0. The Morgan fingerprint density at radius 3 is 2.76 bits per heavy atom. The van der Waals surface area contributed by atoms with E-state index in [1.54, 1.807) is 0 Å². The van der Waals surface area contributed by atoms with Crippen LogP contribution >= 0.6 is 0 Å². The summed E-state index contributed by atoms with van der Waals surface area (Å²) < 4.78 is 5.65. The first-order valence-electron chi connectivity index (χ1n) is 7.29. The first kappa shape index (κ1) is 14.9. The second-order valence-corrected chi connectivity index (χ2v) is 5.32. The van der Waals surface area contributed by atoms with E-state index in [9.17, 15) is 0 Å². The third-order valence-electron chi connectivity index (χ3n) is 3.45. The molecule has 17 heavy (non-hydrogen) atoms. The first-order chi connectivity index (χ1) is 8.22. The van der Waals surface area contributed by atoms with Gasteiger partial charge in [-0.15, -0.1) is 0 Å². The Morgan fingerprint density at radius 1 is 1.35 bits per heavy atom. The van der Waals surface area contributed by atoms with Crippen LogP contribution in [0.1, 0.15) is 46.5 Å². The third kappa shape index (κ3) is 7.02. The van der Waals surface area contributed by atoms with Gasteiger partial charge in [-0.1, -0.05) is 20.8 Å². The van der Waals surface area contributed by atoms with Crippen molar-refractivity contribution in [3.63, 3.8) is 0 Å². The van der Waals surface area contributed by atoms with Gasteiger partial charge < -0.3 is 15.0 Å². The summed E-state index contributed by atoms with van der Waals surface area (Å²) >= 11 is 0. The van der Waals surface area contributed by atoms with Crippen molar-refractivity contribution < 1.29 is 4.74 Å². The number of rotatable bonds is 9. The monoisotopic (exact) mass is 242 g/mol. The molecule has 0 spiro atoms. The quantitative estimate of drug-likeness (QED) is 0.671. The van der Waals surface area contributed by atoms with Crippen LogP contribution in [0.25, 0.3) is 0 Å². The number of hydrogen-bond acceptors (Lipinski definition) is 3. The van der Waals surface area contributed by atoms with E-state index in [-0.39, 0.29) is 0 Å². The van der Waals surface area contributed by atoms with Gasteiger partial charge in [0.1, 0.15) is 0 Å². The number of ether oxygens (including phenoxy) is 1. The molecule has 0 aromatic carbocycles. The summed E-state index contributed by atoms with van der Waals surface area (Å²) in [5.41, 5.74) is 0. The molecule has 1 unspecified atom stereocenters. The second-order valence-electron chi connectivity index (χ2n) is 5.32. The topological polar surface area (TPSA) is 24.5 Å². The highest BCUT2D eigenvalue weighted by Crippen LogP contribution is 2.16. The van der Waals surface area contributed by atoms with Gasteiger partial charge in [0.25, 0.3) is 0 Å². The summed E-state index contributed by atoms with van der Waals surface area (Å²) in [6.07, 6.45) is 5.62. The molecule has 0 bridgehead atoms. The Bertz CT molecular complexity index is 179. The fourth-order valence-corrected chi connectivity index (χ4v) is 2.35. The van der Waals surface area contributed by atoms with Gasteiger partial charge in [0.15, 0.2) is 0 Å². The van der Waals surface area contributed by atoms with Gasteiger partial charge in [0, 0.05) is 25.7 Å². The number of likely N-dealkylation sites (N-methyl/N-ethyl adjacent to an activating group) is 1. The van der Waals surface area contributed by atoms with Gasteiger partial charge in [0.05, 0.1) is 6.10 Å². The average Bonchev–Trinajstić information content (AvgIpc) is 2.79. The summed E-state index contributed by atoms with van der Waals surface area (Å²) in [6, 6.07) is 0.598. The van der Waals surface area contributed by atoms with Gasteiger partial charge in [-0.2, -0.15) is 0 Å². The SMILES string of the molecule is CCN(CCCC1CCCO1)CCNC(C)C. The standard InChI is InChI=1S/C14H30N2O/c1-4-16(11-9-15-13(2)3)10-5-7-14-8-6-12-17-14/h13-15H,4-12H2,1-3H3. The minimum absolute atomic E-state index is 0.558. The van der Waals surface area contributed by atoms with E-state index in [0.29, 0.717) is 12.1 Å². The highest BCUT2D eigenvalue weighted by atomic mass is 16.5. The van der Waals surface area contributed by atoms with Gasteiger partial charge in [-0.25, -0.2) is 0 Å². The summed E-state index contributed by atoms with van der Waals surface area (Å²) in [5.74, 6) is 0. The fraction of sp³-hybridized carbons (Fsp3) is 1.00. The maximum atomic E-state index is 5.65. The molecule has 1 saturated heterocycles. The zero-order chi connectivity index (χ0) is 12.5. The van der Waals surface area contributed by atoms with Gasteiger partial charge >= 0.3 is 0 Å². The fourth-order valence-electron chi connectivity index (χ4n) is 2.35. The lowest BCUT2D eigenvalue weighted by Gasteiger charge is -2.22. The number of nitrogens with one attached hydrogen (secondary N) is 1. The lowest BCUT2D eigenvalue weighted by atomic mass is 10.1. The predicted octanol–water partition coefficient (Wildman–Crippen LogP) is 2.27. The molecule has 1 N–H and O–H groups in total. The zero-order valence-electron chi connectivity index (χ0n) is 11.9. The Balaban J connectivity index is 2.01. The van der Waals surface area contributed by atoms with Crippen LogP contribution in [0.4, 0.5) is 0 Å². The normalized spacial score (nSPS) is 20.6. The van der Waals surface area contributed by atoms with Crippen molar-refractivity contribution in [3.05, 3.63) is 0 Å². The van der Waals surface area contributed by atoms with E-state index >= 15 is 0 Å². The molecule has 0 aromatic heterocycles. The molecule has 3 heteroatoms. The molecule has 1 atom stereocenters. The predicted molar refractivity (Wildman–Crippen MR) is 73.5 cm³/mol. The molecule has 3 nitrogen and oxygen atoms in total. The molecule has 0 radical (unpaired) electrons. The van der Waals surface area contributed by atoms with Crippen molar-refractivity contribution in [3.8, 4) is 0 Å². The Morgan fingerprint density at radius 2 is 2.18 bits per heavy atom. The molecule has 1 aliphatic heterocycles. The van der Waals surface area contributed by atoms with Crippen LogP contribution in [0.2, 0.25) is 0 Å². The van der Waals surface area contributed by atoms with Crippen LogP contribution in [-0.4, -0.2) is 49.8 Å². The molecule has 0 saturated carbocycles. The van der Waals surface area contributed by atoms with Gasteiger partial charge in [0.2, 0.25) is 0 Å². The number of nitrogens with zero attached hydrogens (tertiary/aromatic N) is 1. The smallest absolute Gasteiger partial charge is 0.0576 e. The van der Waals surface area contributed by atoms with Gasteiger partial charge in [-0.05, 0) is 38.8 Å². The first-order valence-corrected chi connectivity index (χ1v) is 7.29. The van der Waals surface area contributed by atoms with Crippen molar-refractivity contribution in [1.82, 2.24) is 10.2 Å². The summed E-state index contributed by atoms with van der Waals surface area (Å²) in [6.45, 7) is 12.3. The molecular formula is C14H30N2O.